The topological polar surface area (TPSA) is 114 Å². The summed E-state index contributed by atoms with van der Waals surface area (Å²) in [6.07, 6.45) is 6.98. The third kappa shape index (κ3) is 4.08. The molecule has 4 aromatic heterocycles. The van der Waals surface area contributed by atoms with Crippen LogP contribution in [0.1, 0.15) is 10.5 Å². The summed E-state index contributed by atoms with van der Waals surface area (Å²) in [7, 11) is 1.80. The van der Waals surface area contributed by atoms with Crippen LogP contribution in [0.2, 0.25) is 0 Å². The maximum atomic E-state index is 12.9. The van der Waals surface area contributed by atoms with E-state index in [0.717, 1.165) is 24.3 Å². The number of anilines is 2. The van der Waals surface area contributed by atoms with E-state index in [-0.39, 0.29) is 5.91 Å². The molecule has 10 nitrogen and oxygen atoms in total. The van der Waals surface area contributed by atoms with E-state index in [0.29, 0.717) is 41.7 Å². The van der Waals surface area contributed by atoms with Crippen molar-refractivity contribution in [3.63, 3.8) is 0 Å². The van der Waals surface area contributed by atoms with Gasteiger partial charge in [-0.1, -0.05) is 6.07 Å². The summed E-state index contributed by atoms with van der Waals surface area (Å²) in [6.45, 7) is 3.12. The molecule has 1 saturated heterocycles. The number of rotatable bonds is 5. The molecule has 1 amide bonds. The number of ether oxygens (including phenoxy) is 1. The molecule has 1 aliphatic rings. The standard InChI is InChI=1S/C22H22N8O2/c1-29-14-20(27-22(31)19-4-2-3-17(26-19)15-11-24-25-12-15)21(28-29)18-6-5-16(13-23-18)30-7-9-32-10-8-30/h2-6,11-14H,7-10H2,1H3,(H,24,25)(H,27,31). The van der Waals surface area contributed by atoms with Gasteiger partial charge in [0.25, 0.3) is 5.91 Å². The minimum Gasteiger partial charge on any atom is -0.378 e. The van der Waals surface area contributed by atoms with Crippen LogP contribution in [-0.2, 0) is 11.8 Å². The maximum absolute atomic E-state index is 12.9. The highest BCUT2D eigenvalue weighted by atomic mass is 16.5. The monoisotopic (exact) mass is 430 g/mol. The first kappa shape index (κ1) is 19.9. The second-order valence-corrected chi connectivity index (χ2v) is 7.42. The van der Waals surface area contributed by atoms with Crippen molar-refractivity contribution in [2.24, 2.45) is 7.05 Å². The fourth-order valence-corrected chi connectivity index (χ4v) is 3.60. The number of carbonyl (C=O) groups excluding carboxylic acids is 1. The molecule has 0 atom stereocenters. The highest BCUT2D eigenvalue weighted by Crippen LogP contribution is 2.27. The maximum Gasteiger partial charge on any atom is 0.274 e. The first-order valence-corrected chi connectivity index (χ1v) is 10.3. The van der Waals surface area contributed by atoms with Gasteiger partial charge in [-0.2, -0.15) is 10.2 Å². The minimum atomic E-state index is -0.325. The summed E-state index contributed by atoms with van der Waals surface area (Å²) in [5.74, 6) is -0.325. The molecule has 1 aliphatic heterocycles. The molecule has 4 aromatic rings. The van der Waals surface area contributed by atoms with Crippen molar-refractivity contribution in [1.29, 1.82) is 0 Å². The van der Waals surface area contributed by atoms with Gasteiger partial charge in [-0.15, -0.1) is 0 Å². The number of hydrogen-bond donors (Lipinski definition) is 2. The molecule has 10 heteroatoms. The van der Waals surface area contributed by atoms with E-state index in [4.69, 9.17) is 4.74 Å². The first-order valence-electron chi connectivity index (χ1n) is 10.3. The van der Waals surface area contributed by atoms with Crippen LogP contribution in [0.5, 0.6) is 0 Å². The van der Waals surface area contributed by atoms with Crippen LogP contribution in [0.25, 0.3) is 22.6 Å². The fraction of sp³-hybridized carbons (Fsp3) is 0.227. The molecule has 5 rings (SSSR count). The van der Waals surface area contributed by atoms with Crippen LogP contribution in [0.4, 0.5) is 11.4 Å². The Hall–Kier alpha value is -4.05. The third-order valence-corrected chi connectivity index (χ3v) is 5.22. The molecule has 0 radical (unpaired) electrons. The number of aromatic nitrogens is 6. The summed E-state index contributed by atoms with van der Waals surface area (Å²) in [4.78, 5) is 24.2. The van der Waals surface area contributed by atoms with Gasteiger partial charge in [0.15, 0.2) is 0 Å². The van der Waals surface area contributed by atoms with Gasteiger partial charge in [-0.3, -0.25) is 19.6 Å². The summed E-state index contributed by atoms with van der Waals surface area (Å²) >= 11 is 0. The Morgan fingerprint density at radius 3 is 2.75 bits per heavy atom. The number of morpholine rings is 1. The Balaban J connectivity index is 1.37. The van der Waals surface area contributed by atoms with Gasteiger partial charge in [0.1, 0.15) is 11.4 Å². The van der Waals surface area contributed by atoms with E-state index in [1.54, 1.807) is 42.5 Å². The number of aromatic amines is 1. The van der Waals surface area contributed by atoms with Crippen LogP contribution in [0.15, 0.2) is 55.1 Å². The van der Waals surface area contributed by atoms with E-state index >= 15 is 0 Å². The lowest BCUT2D eigenvalue weighted by molar-refractivity contribution is 0.102. The second kappa shape index (κ2) is 8.60. The number of amides is 1. The van der Waals surface area contributed by atoms with Crippen molar-refractivity contribution >= 4 is 17.3 Å². The van der Waals surface area contributed by atoms with Gasteiger partial charge in [0.2, 0.25) is 0 Å². The largest absolute Gasteiger partial charge is 0.378 e. The lowest BCUT2D eigenvalue weighted by atomic mass is 10.2. The SMILES string of the molecule is Cn1cc(NC(=O)c2cccc(-c3cn[nH]c3)n2)c(-c2ccc(N3CCOCC3)cn2)n1. The number of nitrogens with zero attached hydrogens (tertiary/aromatic N) is 6. The Morgan fingerprint density at radius 2 is 2.00 bits per heavy atom. The molecular formula is C22H22N8O2. The van der Waals surface area contributed by atoms with Crippen LogP contribution in [0, 0.1) is 0 Å². The third-order valence-electron chi connectivity index (χ3n) is 5.22. The van der Waals surface area contributed by atoms with Gasteiger partial charge >= 0.3 is 0 Å². The predicted molar refractivity (Wildman–Crippen MR) is 119 cm³/mol. The van der Waals surface area contributed by atoms with Crippen LogP contribution >= 0.6 is 0 Å². The average molecular weight is 430 g/mol. The van der Waals surface area contributed by atoms with Crippen molar-refractivity contribution in [2.75, 3.05) is 36.5 Å². The normalized spacial score (nSPS) is 13.8. The molecule has 0 bridgehead atoms. The van der Waals surface area contributed by atoms with E-state index in [1.165, 1.54) is 0 Å². The lowest BCUT2D eigenvalue weighted by Crippen LogP contribution is -2.36. The number of nitrogens with one attached hydrogen (secondary N) is 2. The number of pyridine rings is 2. The number of H-pyrrole nitrogens is 1. The quantitative estimate of drug-likeness (QED) is 0.500. The van der Waals surface area contributed by atoms with E-state index in [9.17, 15) is 4.79 Å². The smallest absolute Gasteiger partial charge is 0.274 e. The van der Waals surface area contributed by atoms with Crippen molar-refractivity contribution in [3.05, 3.63) is 60.8 Å². The van der Waals surface area contributed by atoms with Gasteiger partial charge in [0.05, 0.1) is 48.4 Å². The Kier molecular flexibility index (Phi) is 5.34. The van der Waals surface area contributed by atoms with E-state index < -0.39 is 0 Å². The molecule has 0 unspecified atom stereocenters. The molecule has 0 aromatic carbocycles. The molecule has 0 saturated carbocycles. The summed E-state index contributed by atoms with van der Waals surface area (Å²) < 4.78 is 7.06. The molecule has 1 fully saturated rings. The van der Waals surface area contributed by atoms with Gasteiger partial charge in [-0.25, -0.2) is 4.98 Å². The van der Waals surface area contributed by atoms with Crippen molar-refractivity contribution in [1.82, 2.24) is 29.9 Å². The van der Waals surface area contributed by atoms with Crippen LogP contribution in [0.3, 0.4) is 0 Å². The zero-order valence-electron chi connectivity index (χ0n) is 17.5. The Bertz CT molecular complexity index is 1210. The highest BCUT2D eigenvalue weighted by molar-refractivity contribution is 6.04. The van der Waals surface area contributed by atoms with Gasteiger partial charge < -0.3 is 15.0 Å². The average Bonchev–Trinajstić information content (AvgIpc) is 3.50. The predicted octanol–water partition coefficient (Wildman–Crippen LogP) is 2.36. The van der Waals surface area contributed by atoms with Crippen molar-refractivity contribution in [2.45, 2.75) is 0 Å². The van der Waals surface area contributed by atoms with Crippen LogP contribution < -0.4 is 10.2 Å². The minimum absolute atomic E-state index is 0.300. The molecular weight excluding hydrogens is 408 g/mol. The van der Waals surface area contributed by atoms with Gasteiger partial charge in [0, 0.05) is 38.1 Å². The van der Waals surface area contributed by atoms with Crippen molar-refractivity contribution in [3.8, 4) is 22.6 Å². The first-order chi connectivity index (χ1) is 15.7. The summed E-state index contributed by atoms with van der Waals surface area (Å²) in [5.41, 5.74) is 4.66. The Morgan fingerprint density at radius 1 is 1.12 bits per heavy atom. The molecule has 0 aliphatic carbocycles. The van der Waals surface area contributed by atoms with Crippen LogP contribution in [-0.4, -0.2) is 62.2 Å². The molecule has 5 heterocycles. The number of aryl methyl sites for hydroxylation is 1. The molecule has 162 valence electrons. The van der Waals surface area contributed by atoms with E-state index in [2.05, 4.69) is 35.5 Å². The zero-order valence-corrected chi connectivity index (χ0v) is 17.5. The fourth-order valence-electron chi connectivity index (χ4n) is 3.60. The Labute approximate surface area is 184 Å². The zero-order chi connectivity index (χ0) is 21.9. The molecule has 2 N–H and O–H groups in total. The molecule has 32 heavy (non-hydrogen) atoms. The lowest BCUT2D eigenvalue weighted by Gasteiger charge is -2.28. The second-order valence-electron chi connectivity index (χ2n) is 7.42. The number of hydrogen-bond acceptors (Lipinski definition) is 7. The number of carbonyl (C=O) groups is 1. The van der Waals surface area contributed by atoms with Gasteiger partial charge in [-0.05, 0) is 24.3 Å². The molecule has 0 spiro atoms. The van der Waals surface area contributed by atoms with E-state index in [1.807, 2.05) is 24.4 Å². The summed E-state index contributed by atoms with van der Waals surface area (Å²) in [6, 6.07) is 9.23. The highest BCUT2D eigenvalue weighted by Gasteiger charge is 2.18. The summed E-state index contributed by atoms with van der Waals surface area (Å²) in [5, 5.41) is 14.1. The van der Waals surface area contributed by atoms with Crippen molar-refractivity contribution < 1.29 is 9.53 Å².